The lowest BCUT2D eigenvalue weighted by molar-refractivity contribution is 0.299. The molecular weight excluding hydrogens is 206 g/mol. The summed E-state index contributed by atoms with van der Waals surface area (Å²) in [7, 11) is 1.62. The molecule has 0 amide bonds. The van der Waals surface area contributed by atoms with Gasteiger partial charge in [-0.25, -0.2) is 0 Å². The van der Waals surface area contributed by atoms with Gasteiger partial charge in [-0.05, 0) is 12.1 Å². The van der Waals surface area contributed by atoms with Crippen LogP contribution in [0.4, 0.5) is 5.82 Å². The molecule has 2 aromatic rings. The summed E-state index contributed by atoms with van der Waals surface area (Å²) in [6, 6.07) is 9.15. The molecule has 1 aromatic heterocycles. The summed E-state index contributed by atoms with van der Waals surface area (Å²) in [5, 5.41) is 6.58. The lowest BCUT2D eigenvalue weighted by Gasteiger charge is -2.05. The van der Waals surface area contributed by atoms with Crippen molar-refractivity contribution in [2.45, 2.75) is 6.61 Å². The average molecular weight is 219 g/mol. The second-order valence-corrected chi connectivity index (χ2v) is 3.29. The largest absolute Gasteiger partial charge is 0.497 e. The normalized spacial score (nSPS) is 10.1. The van der Waals surface area contributed by atoms with E-state index in [1.165, 1.54) is 0 Å². The highest BCUT2D eigenvalue weighted by atomic mass is 16.5. The third kappa shape index (κ3) is 2.44. The molecule has 0 fully saturated rings. The van der Waals surface area contributed by atoms with Gasteiger partial charge < -0.3 is 15.2 Å². The molecule has 0 saturated carbocycles. The van der Waals surface area contributed by atoms with Crippen molar-refractivity contribution in [2.75, 3.05) is 12.8 Å². The molecule has 2 rings (SSSR count). The van der Waals surface area contributed by atoms with E-state index in [-0.39, 0.29) is 0 Å². The van der Waals surface area contributed by atoms with E-state index < -0.39 is 0 Å². The minimum Gasteiger partial charge on any atom is -0.497 e. The second kappa shape index (κ2) is 4.57. The second-order valence-electron chi connectivity index (χ2n) is 3.29. The highest BCUT2D eigenvalue weighted by Gasteiger charge is 2.00. The summed E-state index contributed by atoms with van der Waals surface area (Å²) in [5.41, 5.74) is 6.31. The molecule has 0 aliphatic rings. The number of nitrogens with one attached hydrogen (secondary N) is 1. The first-order valence-electron chi connectivity index (χ1n) is 4.84. The van der Waals surface area contributed by atoms with Crippen LogP contribution in [0.25, 0.3) is 0 Å². The van der Waals surface area contributed by atoms with Gasteiger partial charge in [0.25, 0.3) is 0 Å². The Hall–Kier alpha value is -2.17. The molecule has 0 unspecified atom stereocenters. The number of rotatable bonds is 4. The Morgan fingerprint density at radius 1 is 1.31 bits per heavy atom. The molecule has 0 aliphatic carbocycles. The van der Waals surface area contributed by atoms with Crippen LogP contribution in [0.15, 0.2) is 30.3 Å². The number of hydrogen-bond donors (Lipinski definition) is 2. The Morgan fingerprint density at radius 3 is 2.81 bits per heavy atom. The van der Waals surface area contributed by atoms with Crippen LogP contribution in [0.1, 0.15) is 5.69 Å². The van der Waals surface area contributed by atoms with Crippen LogP contribution >= 0.6 is 0 Å². The number of aromatic nitrogens is 2. The summed E-state index contributed by atoms with van der Waals surface area (Å²) in [6.07, 6.45) is 0. The molecule has 3 N–H and O–H groups in total. The zero-order valence-corrected chi connectivity index (χ0v) is 8.93. The minimum atomic E-state index is 0.400. The van der Waals surface area contributed by atoms with Gasteiger partial charge in [0.05, 0.1) is 12.8 Å². The fourth-order valence-corrected chi connectivity index (χ4v) is 1.31. The molecule has 0 saturated heterocycles. The number of nitrogens with two attached hydrogens (primary N) is 1. The van der Waals surface area contributed by atoms with Crippen molar-refractivity contribution in [2.24, 2.45) is 0 Å². The predicted octanol–water partition coefficient (Wildman–Crippen LogP) is 1.58. The zero-order valence-electron chi connectivity index (χ0n) is 8.93. The number of H-pyrrole nitrogens is 1. The average Bonchev–Trinajstić information content (AvgIpc) is 2.73. The van der Waals surface area contributed by atoms with E-state index in [4.69, 9.17) is 15.2 Å². The van der Waals surface area contributed by atoms with Gasteiger partial charge in [0.2, 0.25) is 0 Å². The number of hydrogen-bond acceptors (Lipinski definition) is 4. The number of benzene rings is 1. The summed E-state index contributed by atoms with van der Waals surface area (Å²) in [5.74, 6) is 1.97. The number of methoxy groups -OCH3 is 1. The van der Waals surface area contributed by atoms with E-state index in [0.717, 1.165) is 17.2 Å². The maximum atomic E-state index is 5.54. The predicted molar refractivity (Wildman–Crippen MR) is 60.3 cm³/mol. The molecule has 0 atom stereocenters. The third-order valence-corrected chi connectivity index (χ3v) is 2.09. The van der Waals surface area contributed by atoms with Crippen molar-refractivity contribution in [1.29, 1.82) is 0 Å². The summed E-state index contributed by atoms with van der Waals surface area (Å²) >= 11 is 0. The number of nitrogen functional groups attached to an aromatic ring is 1. The number of ether oxygens (including phenoxy) is 2. The lowest BCUT2D eigenvalue weighted by atomic mass is 10.3. The van der Waals surface area contributed by atoms with Crippen LogP contribution in [0.2, 0.25) is 0 Å². The van der Waals surface area contributed by atoms with E-state index in [1.54, 1.807) is 13.2 Å². The van der Waals surface area contributed by atoms with Crippen LogP contribution in [0.3, 0.4) is 0 Å². The smallest absolute Gasteiger partial charge is 0.145 e. The van der Waals surface area contributed by atoms with E-state index in [9.17, 15) is 0 Å². The SMILES string of the molecule is COc1cccc(OCc2cc(N)n[nH]2)c1. The maximum absolute atomic E-state index is 5.54. The number of nitrogens with zero attached hydrogens (tertiary/aromatic N) is 1. The zero-order chi connectivity index (χ0) is 11.4. The van der Waals surface area contributed by atoms with Crippen molar-refractivity contribution in [1.82, 2.24) is 10.2 Å². The van der Waals surface area contributed by atoms with Crippen molar-refractivity contribution < 1.29 is 9.47 Å². The Balaban J connectivity index is 1.99. The molecule has 0 bridgehead atoms. The van der Waals surface area contributed by atoms with Crippen LogP contribution in [0.5, 0.6) is 11.5 Å². The van der Waals surface area contributed by atoms with E-state index in [2.05, 4.69) is 10.2 Å². The highest BCUT2D eigenvalue weighted by Crippen LogP contribution is 2.19. The molecule has 84 valence electrons. The summed E-state index contributed by atoms with van der Waals surface area (Å²) < 4.78 is 10.6. The quantitative estimate of drug-likeness (QED) is 0.818. The minimum absolute atomic E-state index is 0.400. The fourth-order valence-electron chi connectivity index (χ4n) is 1.31. The standard InChI is InChI=1S/C11H13N3O2/c1-15-9-3-2-4-10(6-9)16-7-8-5-11(12)14-13-8/h2-6H,7H2,1H3,(H3,12,13,14). The molecule has 16 heavy (non-hydrogen) atoms. The van der Waals surface area contributed by atoms with Gasteiger partial charge in [0, 0.05) is 12.1 Å². The van der Waals surface area contributed by atoms with Gasteiger partial charge in [-0.3, -0.25) is 5.10 Å². The van der Waals surface area contributed by atoms with Gasteiger partial charge in [-0.1, -0.05) is 6.07 Å². The molecule has 0 spiro atoms. The highest BCUT2D eigenvalue weighted by molar-refractivity contribution is 5.33. The van der Waals surface area contributed by atoms with Crippen LogP contribution in [0, 0.1) is 0 Å². The van der Waals surface area contributed by atoms with Crippen LogP contribution < -0.4 is 15.2 Å². The van der Waals surface area contributed by atoms with E-state index in [1.807, 2.05) is 24.3 Å². The Labute approximate surface area is 93.2 Å². The number of anilines is 1. The number of aromatic amines is 1. The lowest BCUT2D eigenvalue weighted by Crippen LogP contribution is -1.96. The first-order chi connectivity index (χ1) is 7.78. The fraction of sp³-hybridized carbons (Fsp3) is 0.182. The van der Waals surface area contributed by atoms with Gasteiger partial charge in [0.15, 0.2) is 0 Å². The maximum Gasteiger partial charge on any atom is 0.145 e. The topological polar surface area (TPSA) is 73.2 Å². The molecule has 0 radical (unpaired) electrons. The molecule has 1 heterocycles. The van der Waals surface area contributed by atoms with Crippen molar-refractivity contribution in [3.8, 4) is 11.5 Å². The third-order valence-electron chi connectivity index (χ3n) is 2.09. The Morgan fingerprint density at radius 2 is 2.12 bits per heavy atom. The molecule has 0 aliphatic heterocycles. The molecule has 1 aromatic carbocycles. The van der Waals surface area contributed by atoms with Gasteiger partial charge >= 0.3 is 0 Å². The molecular formula is C11H13N3O2. The first-order valence-corrected chi connectivity index (χ1v) is 4.84. The monoisotopic (exact) mass is 219 g/mol. The first kappa shape index (κ1) is 10.4. The summed E-state index contributed by atoms with van der Waals surface area (Å²) in [4.78, 5) is 0. The Bertz CT molecular complexity index is 468. The van der Waals surface area contributed by atoms with Crippen LogP contribution in [-0.2, 0) is 6.61 Å². The molecule has 5 nitrogen and oxygen atoms in total. The van der Waals surface area contributed by atoms with Crippen molar-refractivity contribution in [3.05, 3.63) is 36.0 Å². The van der Waals surface area contributed by atoms with Gasteiger partial charge in [0.1, 0.15) is 23.9 Å². The van der Waals surface area contributed by atoms with Gasteiger partial charge in [-0.15, -0.1) is 0 Å². The van der Waals surface area contributed by atoms with E-state index in [0.29, 0.717) is 12.4 Å². The summed E-state index contributed by atoms with van der Waals surface area (Å²) in [6.45, 7) is 0.400. The Kier molecular flexibility index (Phi) is 2.95. The van der Waals surface area contributed by atoms with Crippen molar-refractivity contribution >= 4 is 5.82 Å². The molecule has 5 heteroatoms. The van der Waals surface area contributed by atoms with E-state index >= 15 is 0 Å². The van der Waals surface area contributed by atoms with Crippen molar-refractivity contribution in [3.63, 3.8) is 0 Å². The van der Waals surface area contributed by atoms with Gasteiger partial charge in [-0.2, -0.15) is 5.10 Å². The van der Waals surface area contributed by atoms with Crippen LogP contribution in [-0.4, -0.2) is 17.3 Å².